The van der Waals surface area contributed by atoms with Gasteiger partial charge in [0.1, 0.15) is 6.04 Å². The summed E-state index contributed by atoms with van der Waals surface area (Å²) in [6, 6.07) is -0.153. The van der Waals surface area contributed by atoms with Crippen molar-refractivity contribution in [2.24, 2.45) is 0 Å². The Morgan fingerprint density at radius 1 is 1.67 bits per heavy atom. The molecular formula is C6H11NO2. The van der Waals surface area contributed by atoms with Crippen molar-refractivity contribution in [3.8, 4) is 0 Å². The van der Waals surface area contributed by atoms with E-state index < -0.39 is 5.72 Å². The molecule has 0 aromatic carbocycles. The van der Waals surface area contributed by atoms with E-state index in [4.69, 9.17) is 4.74 Å². The van der Waals surface area contributed by atoms with Crippen molar-refractivity contribution in [2.45, 2.75) is 32.5 Å². The second kappa shape index (κ2) is 1.70. The van der Waals surface area contributed by atoms with E-state index in [0.29, 0.717) is 0 Å². The minimum atomic E-state index is -0.462. The van der Waals surface area contributed by atoms with Crippen molar-refractivity contribution in [2.75, 3.05) is 0 Å². The van der Waals surface area contributed by atoms with Crippen LogP contribution < -0.4 is 5.32 Å². The smallest absolute Gasteiger partial charge is 0.324 e. The number of nitrogens with one attached hydrogen (secondary N) is 1. The topological polar surface area (TPSA) is 38.3 Å². The first kappa shape index (κ1) is 6.55. The summed E-state index contributed by atoms with van der Waals surface area (Å²) in [6.07, 6.45) is 0. The molecule has 1 rings (SSSR count). The van der Waals surface area contributed by atoms with E-state index in [9.17, 15) is 4.79 Å². The highest BCUT2D eigenvalue weighted by Gasteiger charge is 2.35. The molecule has 0 amide bonds. The van der Waals surface area contributed by atoms with E-state index in [-0.39, 0.29) is 12.0 Å². The van der Waals surface area contributed by atoms with Crippen LogP contribution in [0.3, 0.4) is 0 Å². The third-order valence-corrected chi connectivity index (χ3v) is 1.27. The van der Waals surface area contributed by atoms with Crippen LogP contribution in [0.5, 0.6) is 0 Å². The SMILES string of the molecule is C[C@H]1NC(C)(C)OC1=O. The van der Waals surface area contributed by atoms with E-state index >= 15 is 0 Å². The van der Waals surface area contributed by atoms with Crippen molar-refractivity contribution < 1.29 is 9.53 Å². The van der Waals surface area contributed by atoms with Crippen LogP contribution in [0.2, 0.25) is 0 Å². The average molecular weight is 129 g/mol. The highest BCUT2D eigenvalue weighted by molar-refractivity contribution is 5.77. The Bertz CT molecular complexity index is 142. The van der Waals surface area contributed by atoms with Crippen molar-refractivity contribution in [3.63, 3.8) is 0 Å². The first-order valence-electron chi connectivity index (χ1n) is 3.02. The minimum Gasteiger partial charge on any atom is -0.443 e. The molecule has 1 saturated heterocycles. The van der Waals surface area contributed by atoms with E-state index in [0.717, 1.165) is 0 Å². The first-order chi connectivity index (χ1) is 4.01. The van der Waals surface area contributed by atoms with Crippen LogP contribution in [0.4, 0.5) is 0 Å². The van der Waals surface area contributed by atoms with Crippen molar-refractivity contribution >= 4 is 5.97 Å². The third-order valence-electron chi connectivity index (χ3n) is 1.27. The molecule has 1 atom stereocenters. The summed E-state index contributed by atoms with van der Waals surface area (Å²) in [5.41, 5.74) is -0.462. The Labute approximate surface area is 54.4 Å². The zero-order valence-corrected chi connectivity index (χ0v) is 5.89. The third kappa shape index (κ3) is 1.21. The van der Waals surface area contributed by atoms with Gasteiger partial charge in [0.2, 0.25) is 0 Å². The van der Waals surface area contributed by atoms with Gasteiger partial charge >= 0.3 is 5.97 Å². The molecule has 1 N–H and O–H groups in total. The molecule has 0 aromatic heterocycles. The fourth-order valence-electron chi connectivity index (χ4n) is 0.950. The molecule has 0 unspecified atom stereocenters. The van der Waals surface area contributed by atoms with Crippen LogP contribution in [0, 0.1) is 0 Å². The molecule has 1 heterocycles. The van der Waals surface area contributed by atoms with E-state index in [1.165, 1.54) is 0 Å². The highest BCUT2D eigenvalue weighted by atomic mass is 16.6. The molecule has 0 aliphatic carbocycles. The standard InChI is InChI=1S/C6H11NO2/c1-4-5(8)9-6(2,3)7-4/h4,7H,1-3H3/t4-/m1/s1. The lowest BCUT2D eigenvalue weighted by molar-refractivity contribution is -0.146. The summed E-state index contributed by atoms with van der Waals surface area (Å²) in [6.45, 7) is 5.44. The number of carbonyl (C=O) groups excluding carboxylic acids is 1. The van der Waals surface area contributed by atoms with Gasteiger partial charge in [0.15, 0.2) is 5.72 Å². The van der Waals surface area contributed by atoms with Crippen molar-refractivity contribution in [1.82, 2.24) is 5.32 Å². The van der Waals surface area contributed by atoms with Crippen LogP contribution >= 0.6 is 0 Å². The van der Waals surface area contributed by atoms with Gasteiger partial charge in [-0.1, -0.05) is 0 Å². The molecule has 3 heteroatoms. The largest absolute Gasteiger partial charge is 0.443 e. The Kier molecular flexibility index (Phi) is 1.24. The van der Waals surface area contributed by atoms with E-state index in [2.05, 4.69) is 5.32 Å². The van der Waals surface area contributed by atoms with E-state index in [1.54, 1.807) is 6.92 Å². The summed E-state index contributed by atoms with van der Waals surface area (Å²) in [4.78, 5) is 10.7. The summed E-state index contributed by atoms with van der Waals surface area (Å²) < 4.78 is 4.91. The fourth-order valence-corrected chi connectivity index (χ4v) is 0.950. The Morgan fingerprint density at radius 2 is 2.22 bits per heavy atom. The van der Waals surface area contributed by atoms with Crippen LogP contribution in [0.15, 0.2) is 0 Å². The monoisotopic (exact) mass is 129 g/mol. The van der Waals surface area contributed by atoms with Gasteiger partial charge in [0.05, 0.1) is 0 Å². The summed E-state index contributed by atoms with van der Waals surface area (Å²) in [5, 5.41) is 2.97. The molecule has 1 fully saturated rings. The van der Waals surface area contributed by atoms with Crippen LogP contribution in [0.25, 0.3) is 0 Å². The van der Waals surface area contributed by atoms with Gasteiger partial charge in [-0.05, 0) is 20.8 Å². The lowest BCUT2D eigenvalue weighted by Gasteiger charge is -2.15. The number of esters is 1. The molecule has 3 nitrogen and oxygen atoms in total. The maximum Gasteiger partial charge on any atom is 0.324 e. The molecule has 0 aromatic rings. The predicted octanol–water partition coefficient (Wildman–Crippen LogP) is 0.257. The van der Waals surface area contributed by atoms with Crippen molar-refractivity contribution in [3.05, 3.63) is 0 Å². The Morgan fingerprint density at radius 3 is 2.33 bits per heavy atom. The molecule has 9 heavy (non-hydrogen) atoms. The van der Waals surface area contributed by atoms with Gasteiger partial charge in [-0.2, -0.15) is 0 Å². The molecule has 0 radical (unpaired) electrons. The average Bonchev–Trinajstić information content (AvgIpc) is 1.79. The lowest BCUT2D eigenvalue weighted by Crippen LogP contribution is -2.37. The minimum absolute atomic E-state index is 0.153. The van der Waals surface area contributed by atoms with E-state index in [1.807, 2.05) is 13.8 Å². The van der Waals surface area contributed by atoms with Gasteiger partial charge in [-0.25, -0.2) is 0 Å². The number of rotatable bonds is 0. The maximum absolute atomic E-state index is 10.7. The van der Waals surface area contributed by atoms with Gasteiger partial charge in [0.25, 0.3) is 0 Å². The van der Waals surface area contributed by atoms with Crippen LogP contribution in [-0.4, -0.2) is 17.7 Å². The summed E-state index contributed by atoms with van der Waals surface area (Å²) >= 11 is 0. The second-order valence-electron chi connectivity index (χ2n) is 2.80. The highest BCUT2D eigenvalue weighted by Crippen LogP contribution is 2.14. The fraction of sp³-hybridized carbons (Fsp3) is 0.833. The zero-order valence-electron chi connectivity index (χ0n) is 5.89. The summed E-state index contributed by atoms with van der Waals surface area (Å²) in [5.74, 6) is -0.167. The van der Waals surface area contributed by atoms with Gasteiger partial charge < -0.3 is 4.74 Å². The number of hydrogen-bond acceptors (Lipinski definition) is 3. The molecule has 1 aliphatic rings. The molecule has 0 spiro atoms. The second-order valence-corrected chi connectivity index (χ2v) is 2.80. The maximum atomic E-state index is 10.7. The predicted molar refractivity (Wildman–Crippen MR) is 32.8 cm³/mol. The number of hydrogen-bond donors (Lipinski definition) is 1. The Balaban J connectivity index is 2.65. The van der Waals surface area contributed by atoms with Crippen LogP contribution in [-0.2, 0) is 9.53 Å². The molecule has 0 saturated carbocycles. The quantitative estimate of drug-likeness (QED) is 0.477. The first-order valence-corrected chi connectivity index (χ1v) is 3.02. The lowest BCUT2D eigenvalue weighted by atomic mass is 10.3. The molecule has 1 aliphatic heterocycles. The molecule has 52 valence electrons. The summed E-state index contributed by atoms with van der Waals surface area (Å²) in [7, 11) is 0. The normalized spacial score (nSPS) is 32.3. The number of carbonyl (C=O) groups is 1. The van der Waals surface area contributed by atoms with Crippen molar-refractivity contribution in [1.29, 1.82) is 0 Å². The zero-order chi connectivity index (χ0) is 7.07. The number of ether oxygens (including phenoxy) is 1. The van der Waals surface area contributed by atoms with Gasteiger partial charge in [-0.15, -0.1) is 0 Å². The van der Waals surface area contributed by atoms with Gasteiger partial charge in [0, 0.05) is 0 Å². The molecule has 0 bridgehead atoms. The number of cyclic esters (lactones) is 1. The Hall–Kier alpha value is -0.570. The molecular weight excluding hydrogens is 118 g/mol. The van der Waals surface area contributed by atoms with Gasteiger partial charge in [-0.3, -0.25) is 10.1 Å². The van der Waals surface area contributed by atoms with Crippen LogP contribution in [0.1, 0.15) is 20.8 Å².